The first-order chi connectivity index (χ1) is 5.70. The van der Waals surface area contributed by atoms with E-state index in [0.29, 0.717) is 5.88 Å². The molecule has 0 heterocycles. The van der Waals surface area contributed by atoms with Crippen molar-refractivity contribution in [3.05, 3.63) is 27.7 Å². The number of benzene rings is 1. The van der Waals surface area contributed by atoms with Gasteiger partial charge in [-0.15, -0.1) is 11.6 Å². The molecule has 0 N–H and O–H groups in total. The van der Waals surface area contributed by atoms with Crippen molar-refractivity contribution in [3.8, 4) is 5.75 Å². The van der Waals surface area contributed by atoms with Crippen molar-refractivity contribution in [1.29, 1.82) is 0 Å². The highest BCUT2D eigenvalue weighted by Gasteiger charge is 2.08. The van der Waals surface area contributed by atoms with Crippen LogP contribution < -0.4 is 4.74 Å². The lowest BCUT2D eigenvalue weighted by molar-refractivity contribution is 0.408. The zero-order chi connectivity index (χ0) is 9.14. The largest absolute Gasteiger partial charge is 0.496 e. The van der Waals surface area contributed by atoms with Gasteiger partial charge in [-0.3, -0.25) is 0 Å². The highest BCUT2D eigenvalue weighted by atomic mass is 79.9. The average molecular weight is 250 g/mol. The number of methoxy groups -OCH3 is 1. The molecular formula is C9H10BrClO. The topological polar surface area (TPSA) is 9.23 Å². The van der Waals surface area contributed by atoms with E-state index in [4.69, 9.17) is 16.3 Å². The molecule has 0 aromatic heterocycles. The Morgan fingerprint density at radius 1 is 1.50 bits per heavy atom. The molecule has 0 aliphatic heterocycles. The Morgan fingerprint density at radius 3 is 2.58 bits per heavy atom. The van der Waals surface area contributed by atoms with Gasteiger partial charge in [-0.05, 0) is 18.6 Å². The van der Waals surface area contributed by atoms with Crippen LogP contribution in [-0.4, -0.2) is 7.11 Å². The SMILES string of the molecule is COc1c(C)ccc(Br)c1CCl. The predicted octanol–water partition coefficient (Wildman–Crippen LogP) is 3.50. The smallest absolute Gasteiger partial charge is 0.127 e. The third-order valence-corrected chi connectivity index (χ3v) is 2.75. The summed E-state index contributed by atoms with van der Waals surface area (Å²) in [6.07, 6.45) is 0. The minimum absolute atomic E-state index is 0.464. The second kappa shape index (κ2) is 4.15. The van der Waals surface area contributed by atoms with Crippen molar-refractivity contribution in [1.82, 2.24) is 0 Å². The normalized spacial score (nSPS) is 10.0. The van der Waals surface area contributed by atoms with Gasteiger partial charge in [0.15, 0.2) is 0 Å². The summed E-state index contributed by atoms with van der Waals surface area (Å²) in [5.41, 5.74) is 2.12. The van der Waals surface area contributed by atoms with E-state index in [1.165, 1.54) is 0 Å². The van der Waals surface area contributed by atoms with Crippen molar-refractivity contribution >= 4 is 27.5 Å². The summed E-state index contributed by atoms with van der Waals surface area (Å²) >= 11 is 9.20. The quantitative estimate of drug-likeness (QED) is 0.729. The third-order valence-electron chi connectivity index (χ3n) is 1.74. The Hall–Kier alpha value is -0.210. The van der Waals surface area contributed by atoms with Crippen LogP contribution in [0.2, 0.25) is 0 Å². The first kappa shape index (κ1) is 9.87. The standard InChI is InChI=1S/C9H10BrClO/c1-6-3-4-8(10)7(5-11)9(6)12-2/h3-4H,5H2,1-2H3. The molecule has 0 radical (unpaired) electrons. The molecule has 66 valence electrons. The van der Waals surface area contributed by atoms with Gasteiger partial charge in [-0.2, -0.15) is 0 Å². The summed E-state index contributed by atoms with van der Waals surface area (Å²) in [6, 6.07) is 3.98. The highest BCUT2D eigenvalue weighted by molar-refractivity contribution is 9.10. The zero-order valence-electron chi connectivity index (χ0n) is 7.03. The maximum Gasteiger partial charge on any atom is 0.127 e. The van der Waals surface area contributed by atoms with Crippen LogP contribution in [0.3, 0.4) is 0 Å². The summed E-state index contributed by atoms with van der Waals surface area (Å²) in [4.78, 5) is 0. The summed E-state index contributed by atoms with van der Waals surface area (Å²) in [6.45, 7) is 2.00. The highest BCUT2D eigenvalue weighted by Crippen LogP contribution is 2.31. The predicted molar refractivity (Wildman–Crippen MR) is 55.0 cm³/mol. The van der Waals surface area contributed by atoms with E-state index in [1.807, 2.05) is 19.1 Å². The lowest BCUT2D eigenvalue weighted by Crippen LogP contribution is -1.93. The van der Waals surface area contributed by atoms with Crippen molar-refractivity contribution in [2.75, 3.05) is 7.11 Å². The lowest BCUT2D eigenvalue weighted by Gasteiger charge is -2.10. The van der Waals surface area contributed by atoms with E-state index in [2.05, 4.69) is 15.9 Å². The number of aryl methyl sites for hydroxylation is 1. The van der Waals surface area contributed by atoms with Gasteiger partial charge in [0, 0.05) is 10.0 Å². The molecule has 0 saturated carbocycles. The molecule has 0 bridgehead atoms. The molecule has 0 atom stereocenters. The Bertz CT molecular complexity index is 257. The Kier molecular flexibility index (Phi) is 3.41. The van der Waals surface area contributed by atoms with Crippen LogP contribution in [0.15, 0.2) is 16.6 Å². The minimum Gasteiger partial charge on any atom is -0.496 e. The van der Waals surface area contributed by atoms with Crippen LogP contribution in [0.1, 0.15) is 11.1 Å². The van der Waals surface area contributed by atoms with Gasteiger partial charge in [-0.1, -0.05) is 22.0 Å². The van der Waals surface area contributed by atoms with Gasteiger partial charge >= 0.3 is 0 Å². The molecule has 1 aromatic carbocycles. The van der Waals surface area contributed by atoms with E-state index in [-0.39, 0.29) is 0 Å². The second-order valence-corrected chi connectivity index (χ2v) is 3.63. The van der Waals surface area contributed by atoms with E-state index in [9.17, 15) is 0 Å². The molecule has 0 fully saturated rings. The number of ether oxygens (including phenoxy) is 1. The summed E-state index contributed by atoms with van der Waals surface area (Å²) in [5.74, 6) is 1.34. The molecule has 0 aliphatic carbocycles. The minimum atomic E-state index is 0.464. The van der Waals surface area contributed by atoms with Crippen molar-refractivity contribution in [2.24, 2.45) is 0 Å². The number of halogens is 2. The Morgan fingerprint density at radius 2 is 2.17 bits per heavy atom. The van der Waals surface area contributed by atoms with Gasteiger partial charge in [-0.25, -0.2) is 0 Å². The molecular weight excluding hydrogens is 239 g/mol. The number of alkyl halides is 1. The fraction of sp³-hybridized carbons (Fsp3) is 0.333. The van der Waals surface area contributed by atoms with E-state index in [0.717, 1.165) is 21.3 Å². The van der Waals surface area contributed by atoms with E-state index < -0.39 is 0 Å². The molecule has 1 aromatic rings. The zero-order valence-corrected chi connectivity index (χ0v) is 9.37. The number of hydrogen-bond acceptors (Lipinski definition) is 1. The van der Waals surface area contributed by atoms with Crippen LogP contribution in [-0.2, 0) is 5.88 Å². The number of rotatable bonds is 2. The van der Waals surface area contributed by atoms with Gasteiger partial charge in [0.1, 0.15) is 5.75 Å². The summed E-state index contributed by atoms with van der Waals surface area (Å²) in [5, 5.41) is 0. The van der Waals surface area contributed by atoms with Crippen molar-refractivity contribution < 1.29 is 4.74 Å². The molecule has 0 unspecified atom stereocenters. The molecule has 12 heavy (non-hydrogen) atoms. The molecule has 1 nitrogen and oxygen atoms in total. The fourth-order valence-corrected chi connectivity index (χ4v) is 2.01. The molecule has 3 heteroatoms. The fourth-order valence-electron chi connectivity index (χ4n) is 1.13. The number of hydrogen-bond donors (Lipinski definition) is 0. The third kappa shape index (κ3) is 1.75. The first-order valence-corrected chi connectivity index (χ1v) is 4.91. The van der Waals surface area contributed by atoms with E-state index in [1.54, 1.807) is 7.11 Å². The van der Waals surface area contributed by atoms with Crippen LogP contribution >= 0.6 is 27.5 Å². The van der Waals surface area contributed by atoms with E-state index >= 15 is 0 Å². The van der Waals surface area contributed by atoms with Crippen molar-refractivity contribution in [3.63, 3.8) is 0 Å². The summed E-state index contributed by atoms with van der Waals surface area (Å²) < 4.78 is 6.23. The van der Waals surface area contributed by atoms with Crippen molar-refractivity contribution in [2.45, 2.75) is 12.8 Å². The first-order valence-electron chi connectivity index (χ1n) is 3.58. The Balaban J connectivity index is 3.28. The molecule has 1 rings (SSSR count). The molecule has 0 aliphatic rings. The van der Waals surface area contributed by atoms with Gasteiger partial charge in [0.2, 0.25) is 0 Å². The lowest BCUT2D eigenvalue weighted by atomic mass is 10.1. The monoisotopic (exact) mass is 248 g/mol. The maximum absolute atomic E-state index is 5.78. The maximum atomic E-state index is 5.78. The second-order valence-electron chi connectivity index (χ2n) is 2.51. The van der Waals surface area contributed by atoms with Gasteiger partial charge in [0.05, 0.1) is 13.0 Å². The van der Waals surface area contributed by atoms with Crippen LogP contribution in [0.25, 0.3) is 0 Å². The molecule has 0 saturated heterocycles. The summed E-state index contributed by atoms with van der Waals surface area (Å²) in [7, 11) is 1.66. The van der Waals surface area contributed by atoms with Crippen LogP contribution in [0, 0.1) is 6.92 Å². The van der Waals surface area contributed by atoms with Crippen LogP contribution in [0.4, 0.5) is 0 Å². The molecule has 0 spiro atoms. The Labute approximate surface area is 85.8 Å². The molecule has 0 amide bonds. The van der Waals surface area contributed by atoms with Gasteiger partial charge in [0.25, 0.3) is 0 Å². The van der Waals surface area contributed by atoms with Gasteiger partial charge < -0.3 is 4.74 Å². The van der Waals surface area contributed by atoms with Crippen LogP contribution in [0.5, 0.6) is 5.75 Å². The average Bonchev–Trinajstić information content (AvgIpc) is 2.08.